The third-order valence-corrected chi connectivity index (χ3v) is 1.24. The van der Waals surface area contributed by atoms with Crippen molar-refractivity contribution in [1.82, 2.24) is 0 Å². The summed E-state index contributed by atoms with van der Waals surface area (Å²) in [5.41, 5.74) is 1.12. The molecule has 0 saturated carbocycles. The van der Waals surface area contributed by atoms with Crippen LogP contribution in [-0.4, -0.2) is 29.7 Å². The van der Waals surface area contributed by atoms with Crippen LogP contribution in [0.3, 0.4) is 0 Å². The van der Waals surface area contributed by atoms with E-state index in [0.717, 1.165) is 12.2 Å². The maximum Gasteiger partial charge on any atom is 2.00 e. The van der Waals surface area contributed by atoms with Crippen molar-refractivity contribution in [2.75, 3.05) is 6.61 Å². The fourth-order valence-corrected chi connectivity index (χ4v) is 0.732. The smallest absolute Gasteiger partial charge is 1.00 e. The van der Waals surface area contributed by atoms with Gasteiger partial charge in [0.15, 0.2) is 0 Å². The topological polar surface area (TPSA) is 9.23 Å². The summed E-state index contributed by atoms with van der Waals surface area (Å²) in [6.07, 6.45) is 0. The SMILES string of the molecule is CCOCc1[c-]cccc1.[Br-].[Mg+2]. The Bertz CT molecular complexity index is 179. The molecule has 0 N–H and O–H groups in total. The van der Waals surface area contributed by atoms with Crippen LogP contribution in [0, 0.1) is 6.07 Å². The van der Waals surface area contributed by atoms with Crippen molar-refractivity contribution < 1.29 is 21.7 Å². The van der Waals surface area contributed by atoms with Crippen LogP contribution in [-0.2, 0) is 11.3 Å². The number of hydrogen-bond acceptors (Lipinski definition) is 1. The molecule has 0 heterocycles. The van der Waals surface area contributed by atoms with E-state index in [0.29, 0.717) is 6.61 Å². The molecular weight excluding hydrogens is 228 g/mol. The van der Waals surface area contributed by atoms with E-state index in [1.807, 2.05) is 31.2 Å². The molecule has 1 aromatic rings. The molecule has 0 spiro atoms. The summed E-state index contributed by atoms with van der Waals surface area (Å²) < 4.78 is 5.19. The van der Waals surface area contributed by atoms with E-state index in [9.17, 15) is 0 Å². The third-order valence-electron chi connectivity index (χ3n) is 1.24. The van der Waals surface area contributed by atoms with Crippen LogP contribution in [0.2, 0.25) is 0 Å². The Kier molecular flexibility index (Phi) is 11.8. The van der Waals surface area contributed by atoms with Gasteiger partial charge in [0.05, 0.1) is 0 Å². The van der Waals surface area contributed by atoms with Gasteiger partial charge in [-0.2, -0.15) is 30.3 Å². The fraction of sp³-hybridized carbons (Fsp3) is 0.333. The molecule has 0 aliphatic rings. The predicted molar refractivity (Wildman–Crippen MR) is 46.4 cm³/mol. The minimum atomic E-state index is 0. The maximum atomic E-state index is 5.19. The second kappa shape index (κ2) is 9.51. The van der Waals surface area contributed by atoms with E-state index in [4.69, 9.17) is 4.74 Å². The molecule has 0 radical (unpaired) electrons. The molecule has 0 aromatic heterocycles. The number of halogens is 1. The third kappa shape index (κ3) is 6.00. The standard InChI is InChI=1S/C9H11O.BrH.Mg/c1-2-10-8-9-6-4-3-5-7-9;;/h3-6H,2,8H2,1H3;1H;/q-1;;+2/p-1. The Morgan fingerprint density at radius 1 is 1.42 bits per heavy atom. The summed E-state index contributed by atoms with van der Waals surface area (Å²) in [5.74, 6) is 0. The zero-order valence-corrected chi connectivity index (χ0v) is 10.2. The Morgan fingerprint density at radius 2 is 2.17 bits per heavy atom. The molecule has 1 aromatic carbocycles. The van der Waals surface area contributed by atoms with Gasteiger partial charge >= 0.3 is 23.1 Å². The second-order valence-electron chi connectivity index (χ2n) is 2.02. The molecular formula is C9H11BrMgO. The monoisotopic (exact) mass is 238 g/mol. The van der Waals surface area contributed by atoms with Gasteiger partial charge in [0.2, 0.25) is 0 Å². The van der Waals surface area contributed by atoms with E-state index >= 15 is 0 Å². The number of hydrogen-bond donors (Lipinski definition) is 0. The number of ether oxygens (including phenoxy) is 1. The summed E-state index contributed by atoms with van der Waals surface area (Å²) in [5, 5.41) is 0. The van der Waals surface area contributed by atoms with Crippen molar-refractivity contribution in [2.24, 2.45) is 0 Å². The molecule has 0 bridgehead atoms. The maximum absolute atomic E-state index is 5.19. The molecule has 1 rings (SSSR count). The molecule has 12 heavy (non-hydrogen) atoms. The second-order valence-corrected chi connectivity index (χ2v) is 2.02. The van der Waals surface area contributed by atoms with Crippen molar-refractivity contribution in [1.29, 1.82) is 0 Å². The van der Waals surface area contributed by atoms with Crippen molar-refractivity contribution in [3.8, 4) is 0 Å². The molecule has 0 fully saturated rings. The molecule has 3 heteroatoms. The molecule has 1 nitrogen and oxygen atoms in total. The van der Waals surface area contributed by atoms with Gasteiger partial charge in [-0.25, -0.2) is 0 Å². The summed E-state index contributed by atoms with van der Waals surface area (Å²) in [4.78, 5) is 0. The van der Waals surface area contributed by atoms with Crippen molar-refractivity contribution >= 4 is 23.1 Å². The van der Waals surface area contributed by atoms with Crippen molar-refractivity contribution in [2.45, 2.75) is 13.5 Å². The first-order valence-corrected chi connectivity index (χ1v) is 3.47. The Morgan fingerprint density at radius 3 is 2.67 bits per heavy atom. The average molecular weight is 239 g/mol. The Hall–Kier alpha value is 0.426. The fourth-order valence-electron chi connectivity index (χ4n) is 0.732. The van der Waals surface area contributed by atoms with Gasteiger partial charge in [0, 0.05) is 13.2 Å². The van der Waals surface area contributed by atoms with Gasteiger partial charge < -0.3 is 21.7 Å². The minimum absolute atomic E-state index is 0. The normalized spacial score (nSPS) is 8.08. The van der Waals surface area contributed by atoms with Gasteiger partial charge in [-0.15, -0.1) is 5.56 Å². The van der Waals surface area contributed by atoms with Gasteiger partial charge in [0.25, 0.3) is 0 Å². The first kappa shape index (κ1) is 14.9. The molecule has 0 unspecified atom stereocenters. The van der Waals surface area contributed by atoms with Crippen LogP contribution in [0.5, 0.6) is 0 Å². The summed E-state index contributed by atoms with van der Waals surface area (Å²) >= 11 is 0. The quantitative estimate of drug-likeness (QED) is 0.468. The summed E-state index contributed by atoms with van der Waals surface area (Å²) in [6, 6.07) is 10.9. The van der Waals surface area contributed by atoms with E-state index in [-0.39, 0.29) is 40.0 Å². The first-order chi connectivity index (χ1) is 4.93. The van der Waals surface area contributed by atoms with Crippen LogP contribution >= 0.6 is 0 Å². The molecule has 0 amide bonds. The van der Waals surface area contributed by atoms with E-state index < -0.39 is 0 Å². The van der Waals surface area contributed by atoms with Crippen molar-refractivity contribution in [3.05, 3.63) is 35.9 Å². The molecule has 0 saturated heterocycles. The molecule has 0 atom stereocenters. The number of rotatable bonds is 3. The zero-order chi connectivity index (χ0) is 7.23. The van der Waals surface area contributed by atoms with Crippen LogP contribution in [0.25, 0.3) is 0 Å². The van der Waals surface area contributed by atoms with Crippen molar-refractivity contribution in [3.63, 3.8) is 0 Å². The predicted octanol–water partition coefficient (Wildman–Crippen LogP) is -1.35. The van der Waals surface area contributed by atoms with E-state index in [1.165, 1.54) is 0 Å². The Balaban J connectivity index is 0. The van der Waals surface area contributed by atoms with Crippen LogP contribution in [0.1, 0.15) is 12.5 Å². The van der Waals surface area contributed by atoms with Gasteiger partial charge in [-0.05, 0) is 6.92 Å². The van der Waals surface area contributed by atoms with Gasteiger partial charge in [-0.3, -0.25) is 0 Å². The summed E-state index contributed by atoms with van der Waals surface area (Å²) in [7, 11) is 0. The average Bonchev–Trinajstić information content (AvgIpc) is 2.03. The van der Waals surface area contributed by atoms with Gasteiger partial charge in [0.1, 0.15) is 0 Å². The molecule has 0 aliphatic heterocycles. The van der Waals surface area contributed by atoms with Crippen LogP contribution in [0.15, 0.2) is 24.3 Å². The molecule has 0 aliphatic carbocycles. The Labute approximate surface area is 100 Å². The van der Waals surface area contributed by atoms with Crippen LogP contribution < -0.4 is 17.0 Å². The zero-order valence-electron chi connectivity index (χ0n) is 7.22. The van der Waals surface area contributed by atoms with Gasteiger partial charge in [-0.1, -0.05) is 0 Å². The summed E-state index contributed by atoms with van der Waals surface area (Å²) in [6.45, 7) is 3.43. The largest absolute Gasteiger partial charge is 2.00 e. The molecule has 62 valence electrons. The van der Waals surface area contributed by atoms with Crippen LogP contribution in [0.4, 0.5) is 0 Å². The van der Waals surface area contributed by atoms with E-state index in [2.05, 4.69) is 6.07 Å². The minimum Gasteiger partial charge on any atom is -1.00 e. The van der Waals surface area contributed by atoms with E-state index in [1.54, 1.807) is 0 Å². The first-order valence-electron chi connectivity index (χ1n) is 3.47. The number of benzene rings is 1.